The number of nitrogens with two attached hydrogens (primary N) is 1. The minimum absolute atomic E-state index is 0.108. The Balaban J connectivity index is 2.32. The van der Waals surface area contributed by atoms with Crippen molar-refractivity contribution in [1.29, 1.82) is 0 Å². The second kappa shape index (κ2) is 4.63. The average Bonchev–Trinajstić information content (AvgIpc) is 2.68. The molecule has 2 rings (SSSR count). The molecule has 0 spiro atoms. The van der Waals surface area contributed by atoms with Crippen LogP contribution in [0.2, 0.25) is 0 Å². The van der Waals surface area contributed by atoms with Crippen LogP contribution in [0.25, 0.3) is 0 Å². The molecule has 90 valence electrons. The summed E-state index contributed by atoms with van der Waals surface area (Å²) in [7, 11) is 0. The van der Waals surface area contributed by atoms with Gasteiger partial charge in [0.05, 0.1) is 0 Å². The highest BCUT2D eigenvalue weighted by atomic mass is 32.2. The zero-order valence-corrected chi connectivity index (χ0v) is 9.39. The lowest BCUT2D eigenvalue weighted by Gasteiger charge is -2.04. The first-order valence-corrected chi connectivity index (χ1v) is 5.22. The van der Waals surface area contributed by atoms with Gasteiger partial charge in [0, 0.05) is 13.0 Å². The molecule has 2 heterocycles. The van der Waals surface area contributed by atoms with E-state index in [1.54, 1.807) is 6.92 Å². The number of aromatic nitrogens is 3. The smallest absolute Gasteiger partial charge is 0.283 e. The zero-order chi connectivity index (χ0) is 12.4. The van der Waals surface area contributed by atoms with Crippen LogP contribution in [-0.2, 0) is 0 Å². The Kier molecular flexibility index (Phi) is 3.20. The number of hydrogen-bond donors (Lipinski definition) is 2. The Labute approximate surface area is 98.6 Å². The molecular formula is C8H7F2N5OS. The fourth-order valence-corrected chi connectivity index (χ4v) is 1.73. The lowest BCUT2D eigenvalue weighted by Crippen LogP contribution is -2.11. The Hall–Kier alpha value is -1.74. The van der Waals surface area contributed by atoms with Gasteiger partial charge >= 0.3 is 0 Å². The molecule has 0 saturated heterocycles. The second-order valence-electron chi connectivity index (χ2n) is 2.94. The van der Waals surface area contributed by atoms with Gasteiger partial charge in [-0.15, -0.1) is 10.2 Å². The standard InChI is InChI=1S/C8H7F2N5OS/c1-3-14-15-8(16-3)17-7-5(10)2-4(9)6(12-7)13-11/h2H,11H2,1H3,(H,12,13). The summed E-state index contributed by atoms with van der Waals surface area (Å²) >= 11 is 0.785. The maximum atomic E-state index is 13.4. The van der Waals surface area contributed by atoms with Crippen molar-refractivity contribution in [2.75, 3.05) is 5.43 Å². The summed E-state index contributed by atoms with van der Waals surface area (Å²) in [5, 5.41) is 7.23. The monoisotopic (exact) mass is 259 g/mol. The minimum atomic E-state index is -0.879. The van der Waals surface area contributed by atoms with Crippen molar-refractivity contribution in [2.24, 2.45) is 5.84 Å². The van der Waals surface area contributed by atoms with Crippen molar-refractivity contribution >= 4 is 17.6 Å². The summed E-state index contributed by atoms with van der Waals surface area (Å²) in [4.78, 5) is 3.64. The predicted molar refractivity (Wildman–Crippen MR) is 55.1 cm³/mol. The van der Waals surface area contributed by atoms with E-state index >= 15 is 0 Å². The van der Waals surface area contributed by atoms with Gasteiger partial charge in [-0.2, -0.15) is 0 Å². The number of pyridine rings is 1. The third-order valence-electron chi connectivity index (χ3n) is 1.73. The van der Waals surface area contributed by atoms with Gasteiger partial charge in [0.15, 0.2) is 17.5 Å². The van der Waals surface area contributed by atoms with Crippen LogP contribution in [0.3, 0.4) is 0 Å². The van der Waals surface area contributed by atoms with E-state index in [0.717, 1.165) is 11.8 Å². The van der Waals surface area contributed by atoms with Crippen molar-refractivity contribution in [3.63, 3.8) is 0 Å². The lowest BCUT2D eigenvalue weighted by molar-refractivity contribution is 0.428. The third-order valence-corrected chi connectivity index (χ3v) is 2.54. The fraction of sp³-hybridized carbons (Fsp3) is 0.125. The number of hydrogen-bond acceptors (Lipinski definition) is 7. The van der Waals surface area contributed by atoms with Gasteiger partial charge in [-0.05, 0) is 11.8 Å². The van der Waals surface area contributed by atoms with Gasteiger partial charge in [0.25, 0.3) is 5.22 Å². The molecule has 0 aliphatic rings. The summed E-state index contributed by atoms with van der Waals surface area (Å²) in [6.07, 6.45) is 0. The lowest BCUT2D eigenvalue weighted by atomic mass is 10.4. The van der Waals surface area contributed by atoms with E-state index < -0.39 is 11.6 Å². The zero-order valence-electron chi connectivity index (χ0n) is 8.57. The molecule has 2 aromatic rings. The molecule has 0 radical (unpaired) electrons. The summed E-state index contributed by atoms with van der Waals surface area (Å²) in [5.74, 6) is 3.40. The first-order valence-electron chi connectivity index (χ1n) is 4.40. The normalized spacial score (nSPS) is 10.6. The SMILES string of the molecule is Cc1nnc(Sc2nc(NN)c(F)cc2F)o1. The maximum absolute atomic E-state index is 13.4. The third kappa shape index (κ3) is 2.50. The van der Waals surface area contributed by atoms with E-state index in [1.165, 1.54) is 0 Å². The molecule has 0 aliphatic heterocycles. The Morgan fingerprint density at radius 2 is 2.12 bits per heavy atom. The van der Waals surface area contributed by atoms with Crippen molar-refractivity contribution in [3.05, 3.63) is 23.6 Å². The van der Waals surface area contributed by atoms with E-state index in [4.69, 9.17) is 10.3 Å². The molecule has 9 heteroatoms. The molecule has 0 aromatic carbocycles. The predicted octanol–water partition coefficient (Wildman–Crippen LogP) is 1.49. The molecule has 2 aromatic heterocycles. The highest BCUT2D eigenvalue weighted by molar-refractivity contribution is 7.99. The minimum Gasteiger partial charge on any atom is -0.416 e. The molecule has 0 amide bonds. The number of anilines is 1. The van der Waals surface area contributed by atoms with Gasteiger partial charge in [-0.3, -0.25) is 0 Å². The molecule has 0 unspecified atom stereocenters. The quantitative estimate of drug-likeness (QED) is 0.637. The van der Waals surface area contributed by atoms with E-state index in [0.29, 0.717) is 12.0 Å². The highest BCUT2D eigenvalue weighted by Crippen LogP contribution is 2.29. The number of nitrogens with one attached hydrogen (secondary N) is 1. The fourth-order valence-electron chi connectivity index (χ4n) is 1.02. The van der Waals surface area contributed by atoms with Crippen molar-refractivity contribution in [1.82, 2.24) is 15.2 Å². The van der Waals surface area contributed by atoms with Crippen LogP contribution in [0.4, 0.5) is 14.6 Å². The van der Waals surface area contributed by atoms with Crippen LogP contribution in [0, 0.1) is 18.6 Å². The van der Waals surface area contributed by atoms with Crippen LogP contribution in [0.5, 0.6) is 0 Å². The number of aryl methyl sites for hydroxylation is 1. The molecule has 0 saturated carbocycles. The second-order valence-corrected chi connectivity index (χ2v) is 3.88. The van der Waals surface area contributed by atoms with Crippen LogP contribution < -0.4 is 11.3 Å². The summed E-state index contributed by atoms with van der Waals surface area (Å²) in [5.41, 5.74) is 2.02. The van der Waals surface area contributed by atoms with Gasteiger partial charge in [0.1, 0.15) is 5.03 Å². The average molecular weight is 259 g/mol. The van der Waals surface area contributed by atoms with Gasteiger partial charge < -0.3 is 9.84 Å². The van der Waals surface area contributed by atoms with Crippen LogP contribution in [0.15, 0.2) is 20.7 Å². The molecule has 0 fully saturated rings. The van der Waals surface area contributed by atoms with E-state index in [-0.39, 0.29) is 16.1 Å². The number of rotatable bonds is 3. The Morgan fingerprint density at radius 1 is 1.35 bits per heavy atom. The summed E-state index contributed by atoms with van der Waals surface area (Å²) in [6.45, 7) is 1.60. The van der Waals surface area contributed by atoms with Crippen LogP contribution in [0.1, 0.15) is 5.89 Å². The number of nitrogen functional groups attached to an aromatic ring is 1. The molecule has 17 heavy (non-hydrogen) atoms. The largest absolute Gasteiger partial charge is 0.416 e. The van der Waals surface area contributed by atoms with Gasteiger partial charge in [-0.1, -0.05) is 0 Å². The van der Waals surface area contributed by atoms with Crippen molar-refractivity contribution in [3.8, 4) is 0 Å². The molecule has 0 atom stereocenters. The Morgan fingerprint density at radius 3 is 2.71 bits per heavy atom. The molecule has 6 nitrogen and oxygen atoms in total. The topological polar surface area (TPSA) is 89.9 Å². The number of nitrogens with zero attached hydrogens (tertiary/aromatic N) is 3. The maximum Gasteiger partial charge on any atom is 0.283 e. The molecule has 0 bridgehead atoms. The van der Waals surface area contributed by atoms with Gasteiger partial charge in [-0.25, -0.2) is 19.6 Å². The van der Waals surface area contributed by atoms with E-state index in [1.807, 2.05) is 5.43 Å². The molecular weight excluding hydrogens is 252 g/mol. The van der Waals surface area contributed by atoms with E-state index in [2.05, 4.69) is 15.2 Å². The van der Waals surface area contributed by atoms with Crippen LogP contribution in [-0.4, -0.2) is 15.2 Å². The Bertz CT molecular complexity index is 547. The highest BCUT2D eigenvalue weighted by Gasteiger charge is 2.15. The van der Waals surface area contributed by atoms with Crippen LogP contribution >= 0.6 is 11.8 Å². The summed E-state index contributed by atoms with van der Waals surface area (Å²) in [6, 6.07) is 0.674. The van der Waals surface area contributed by atoms with E-state index in [9.17, 15) is 8.78 Å². The summed E-state index contributed by atoms with van der Waals surface area (Å²) < 4.78 is 31.5. The van der Waals surface area contributed by atoms with Crippen molar-refractivity contribution in [2.45, 2.75) is 17.2 Å². The van der Waals surface area contributed by atoms with Gasteiger partial charge in [0.2, 0.25) is 5.89 Å². The molecule has 0 aliphatic carbocycles. The number of hydrazine groups is 1. The molecule has 3 N–H and O–H groups in total. The number of halogens is 2. The van der Waals surface area contributed by atoms with Crippen molar-refractivity contribution < 1.29 is 13.2 Å². The first-order chi connectivity index (χ1) is 8.10. The first kappa shape index (κ1) is 11.7.